The molecule has 2 unspecified atom stereocenters. The van der Waals surface area contributed by atoms with Crippen LogP contribution in [0, 0.1) is 11.8 Å². The average molecular weight is 368 g/mol. The Labute approximate surface area is 159 Å². The lowest BCUT2D eigenvalue weighted by Gasteiger charge is -2.17. The summed E-state index contributed by atoms with van der Waals surface area (Å²) in [5, 5.41) is 2.84. The zero-order valence-electron chi connectivity index (χ0n) is 15.6. The summed E-state index contributed by atoms with van der Waals surface area (Å²) in [6, 6.07) is 16.7. The summed E-state index contributed by atoms with van der Waals surface area (Å²) in [7, 11) is 3.35. The Kier molecular flexibility index (Phi) is 5.96. The molecular weight excluding hydrogens is 344 g/mol. The van der Waals surface area contributed by atoms with E-state index in [2.05, 4.69) is 5.32 Å². The number of ether oxygens (including phenoxy) is 2. The number of benzene rings is 2. The molecule has 0 bridgehead atoms. The highest BCUT2D eigenvalue weighted by atomic mass is 16.5. The number of nitrogens with one attached hydrogen (secondary N) is 1. The lowest BCUT2D eigenvalue weighted by molar-refractivity contribution is -0.126. The Morgan fingerprint density at radius 3 is 2.37 bits per heavy atom. The molecule has 1 fully saturated rings. The third-order valence-corrected chi connectivity index (χ3v) is 4.65. The van der Waals surface area contributed by atoms with Crippen molar-refractivity contribution in [3.05, 3.63) is 54.6 Å². The molecule has 1 aliphatic carbocycles. The predicted molar refractivity (Wildman–Crippen MR) is 103 cm³/mol. The number of para-hydroxylation sites is 1. The van der Waals surface area contributed by atoms with Crippen molar-refractivity contribution in [1.82, 2.24) is 5.32 Å². The molecule has 0 heterocycles. The minimum Gasteiger partial charge on any atom is -0.497 e. The molecule has 2 aromatic rings. The van der Waals surface area contributed by atoms with Gasteiger partial charge in [-0.1, -0.05) is 18.2 Å². The van der Waals surface area contributed by atoms with Crippen molar-refractivity contribution in [1.29, 1.82) is 0 Å². The quantitative estimate of drug-likeness (QED) is 0.727. The Hall–Kier alpha value is -3.02. The van der Waals surface area contributed by atoms with Crippen molar-refractivity contribution in [2.75, 3.05) is 32.2 Å². The standard InChI is InChI=1S/C21H24N2O4/c1-23(15-6-4-3-5-7-15)21(25)19-14-18(19)20(24)22-12-13-27-17-10-8-16(26-2)9-11-17/h3-11,18-19H,12-14H2,1-2H3,(H,22,24). The molecule has 2 atom stereocenters. The molecule has 0 spiro atoms. The molecular formula is C21H24N2O4. The van der Waals surface area contributed by atoms with Gasteiger partial charge in [0.25, 0.3) is 0 Å². The molecule has 0 saturated heterocycles. The van der Waals surface area contributed by atoms with E-state index in [0.717, 1.165) is 11.4 Å². The van der Waals surface area contributed by atoms with E-state index in [4.69, 9.17) is 9.47 Å². The largest absolute Gasteiger partial charge is 0.497 e. The molecule has 6 heteroatoms. The number of rotatable bonds is 8. The van der Waals surface area contributed by atoms with Crippen LogP contribution in [-0.2, 0) is 9.59 Å². The highest BCUT2D eigenvalue weighted by Gasteiger charge is 2.49. The summed E-state index contributed by atoms with van der Waals surface area (Å²) in [5.41, 5.74) is 0.835. The van der Waals surface area contributed by atoms with Crippen molar-refractivity contribution in [2.45, 2.75) is 6.42 Å². The van der Waals surface area contributed by atoms with E-state index >= 15 is 0 Å². The average Bonchev–Trinajstić information content (AvgIpc) is 3.52. The van der Waals surface area contributed by atoms with Gasteiger partial charge in [0.1, 0.15) is 18.1 Å². The molecule has 6 nitrogen and oxygen atoms in total. The van der Waals surface area contributed by atoms with Gasteiger partial charge in [-0.3, -0.25) is 9.59 Å². The third-order valence-electron chi connectivity index (χ3n) is 4.65. The first-order valence-electron chi connectivity index (χ1n) is 8.97. The zero-order valence-corrected chi connectivity index (χ0v) is 15.6. The van der Waals surface area contributed by atoms with Crippen LogP contribution in [0.25, 0.3) is 0 Å². The molecule has 142 valence electrons. The van der Waals surface area contributed by atoms with E-state index in [0.29, 0.717) is 25.3 Å². The highest BCUT2D eigenvalue weighted by molar-refractivity contribution is 6.00. The summed E-state index contributed by atoms with van der Waals surface area (Å²) >= 11 is 0. The second kappa shape index (κ2) is 8.58. The van der Waals surface area contributed by atoms with Crippen LogP contribution in [0.1, 0.15) is 6.42 Å². The van der Waals surface area contributed by atoms with Gasteiger partial charge < -0.3 is 19.7 Å². The van der Waals surface area contributed by atoms with Crippen molar-refractivity contribution >= 4 is 17.5 Å². The Morgan fingerprint density at radius 1 is 1.04 bits per heavy atom. The summed E-state index contributed by atoms with van der Waals surface area (Å²) in [6.45, 7) is 0.768. The van der Waals surface area contributed by atoms with Crippen LogP contribution in [0.4, 0.5) is 5.69 Å². The fourth-order valence-electron chi connectivity index (χ4n) is 2.93. The fraction of sp³-hybridized carbons (Fsp3) is 0.333. The second-order valence-corrected chi connectivity index (χ2v) is 6.50. The van der Waals surface area contributed by atoms with Crippen LogP contribution in [0.2, 0.25) is 0 Å². The first kappa shape index (κ1) is 18.8. The van der Waals surface area contributed by atoms with Crippen molar-refractivity contribution in [3.63, 3.8) is 0 Å². The van der Waals surface area contributed by atoms with Crippen LogP contribution in [-0.4, -0.2) is 39.1 Å². The van der Waals surface area contributed by atoms with Gasteiger partial charge in [-0.25, -0.2) is 0 Å². The molecule has 1 saturated carbocycles. The van der Waals surface area contributed by atoms with Crippen molar-refractivity contribution < 1.29 is 19.1 Å². The molecule has 27 heavy (non-hydrogen) atoms. The summed E-state index contributed by atoms with van der Waals surface area (Å²) < 4.78 is 10.7. The van der Waals surface area contributed by atoms with E-state index in [1.165, 1.54) is 0 Å². The molecule has 2 amide bonds. The third kappa shape index (κ3) is 4.78. The molecule has 3 rings (SSSR count). The van der Waals surface area contributed by atoms with Crippen LogP contribution >= 0.6 is 0 Å². The Morgan fingerprint density at radius 2 is 1.70 bits per heavy atom. The minimum atomic E-state index is -0.246. The van der Waals surface area contributed by atoms with Gasteiger partial charge in [-0.15, -0.1) is 0 Å². The lowest BCUT2D eigenvalue weighted by Crippen LogP contribution is -2.33. The normalized spacial score (nSPS) is 17.7. The maximum absolute atomic E-state index is 12.5. The topological polar surface area (TPSA) is 67.9 Å². The smallest absolute Gasteiger partial charge is 0.230 e. The van der Waals surface area contributed by atoms with Crippen molar-refractivity contribution in [3.8, 4) is 11.5 Å². The summed E-state index contributed by atoms with van der Waals surface area (Å²) in [5.74, 6) is 0.890. The molecule has 2 aromatic carbocycles. The molecule has 0 aliphatic heterocycles. The van der Waals surface area contributed by atoms with Gasteiger partial charge in [0.15, 0.2) is 0 Å². The van der Waals surface area contributed by atoms with Gasteiger partial charge in [0.05, 0.1) is 25.5 Å². The molecule has 0 aromatic heterocycles. The lowest BCUT2D eigenvalue weighted by atomic mass is 10.2. The Balaban J connectivity index is 1.39. The summed E-state index contributed by atoms with van der Waals surface area (Å²) in [4.78, 5) is 26.3. The van der Waals surface area contributed by atoms with E-state index in [1.54, 1.807) is 19.1 Å². The number of hydrogen-bond acceptors (Lipinski definition) is 4. The second-order valence-electron chi connectivity index (χ2n) is 6.50. The van der Waals surface area contributed by atoms with Gasteiger partial charge in [0.2, 0.25) is 11.8 Å². The minimum absolute atomic E-state index is 0.0177. The number of amides is 2. The predicted octanol–water partition coefficient (Wildman–Crippen LogP) is 2.49. The highest BCUT2D eigenvalue weighted by Crippen LogP contribution is 2.40. The number of methoxy groups -OCH3 is 1. The maximum Gasteiger partial charge on any atom is 0.230 e. The van der Waals surface area contributed by atoms with Gasteiger partial charge >= 0.3 is 0 Å². The van der Waals surface area contributed by atoms with Gasteiger partial charge in [-0.2, -0.15) is 0 Å². The van der Waals surface area contributed by atoms with Crippen molar-refractivity contribution in [2.24, 2.45) is 11.8 Å². The Bertz CT molecular complexity index is 777. The van der Waals surface area contributed by atoms with Crippen LogP contribution in [0.3, 0.4) is 0 Å². The van der Waals surface area contributed by atoms with E-state index in [-0.39, 0.29) is 23.7 Å². The zero-order chi connectivity index (χ0) is 19.2. The number of anilines is 1. The maximum atomic E-state index is 12.5. The monoisotopic (exact) mass is 368 g/mol. The van der Waals surface area contributed by atoms with Crippen LogP contribution in [0.5, 0.6) is 11.5 Å². The van der Waals surface area contributed by atoms with Crippen LogP contribution in [0.15, 0.2) is 54.6 Å². The first-order valence-corrected chi connectivity index (χ1v) is 8.97. The summed E-state index contributed by atoms with van der Waals surface area (Å²) in [6.07, 6.45) is 0.598. The molecule has 1 N–H and O–H groups in total. The molecule has 1 aliphatic rings. The SMILES string of the molecule is COc1ccc(OCCNC(=O)C2CC2C(=O)N(C)c2ccccc2)cc1. The number of hydrogen-bond donors (Lipinski definition) is 1. The van der Waals surface area contributed by atoms with Gasteiger partial charge in [-0.05, 0) is 42.8 Å². The van der Waals surface area contributed by atoms with E-state index < -0.39 is 0 Å². The number of carbonyl (C=O) groups is 2. The fourth-order valence-corrected chi connectivity index (χ4v) is 2.93. The first-order chi connectivity index (χ1) is 13.1. The van der Waals surface area contributed by atoms with E-state index in [1.807, 2.05) is 54.6 Å². The number of nitrogens with zero attached hydrogens (tertiary/aromatic N) is 1. The molecule has 0 radical (unpaired) electrons. The van der Waals surface area contributed by atoms with Gasteiger partial charge in [0, 0.05) is 12.7 Å². The van der Waals surface area contributed by atoms with E-state index in [9.17, 15) is 9.59 Å². The van der Waals surface area contributed by atoms with Crippen LogP contribution < -0.4 is 19.7 Å². The number of carbonyl (C=O) groups excluding carboxylic acids is 2.